The number of aromatic nitrogens is 2. The van der Waals surface area contributed by atoms with Crippen molar-refractivity contribution in [2.24, 2.45) is 0 Å². The van der Waals surface area contributed by atoms with Crippen molar-refractivity contribution < 1.29 is 4.79 Å². The predicted octanol–water partition coefficient (Wildman–Crippen LogP) is 0.954. The van der Waals surface area contributed by atoms with E-state index in [0.717, 1.165) is 0 Å². The molecular weight excluding hydrogens is 264 g/mol. The van der Waals surface area contributed by atoms with E-state index in [1.807, 2.05) is 0 Å². The molecule has 3 rings (SSSR count). The van der Waals surface area contributed by atoms with Crippen LogP contribution in [0.25, 0.3) is 10.8 Å². The molecule has 0 radical (unpaired) electrons. The molecule has 1 aliphatic heterocycles. The highest BCUT2D eigenvalue weighted by Crippen LogP contribution is 2.20. The molecule has 0 bridgehead atoms. The average Bonchev–Trinajstić information content (AvgIpc) is 2.44. The van der Waals surface area contributed by atoms with Crippen molar-refractivity contribution in [2.75, 3.05) is 0 Å². The molecule has 6 heteroatoms. The van der Waals surface area contributed by atoms with E-state index in [1.165, 1.54) is 9.36 Å². The molecular formula is C13H12N2O3S. The van der Waals surface area contributed by atoms with E-state index in [-0.39, 0.29) is 16.2 Å². The van der Waals surface area contributed by atoms with Gasteiger partial charge < -0.3 is 0 Å². The van der Waals surface area contributed by atoms with Gasteiger partial charge in [-0.15, -0.1) is 12.6 Å². The molecule has 1 aromatic heterocycles. The van der Waals surface area contributed by atoms with Crippen LogP contribution in [-0.4, -0.2) is 14.5 Å². The lowest BCUT2D eigenvalue weighted by Crippen LogP contribution is -2.45. The molecule has 19 heavy (non-hydrogen) atoms. The van der Waals surface area contributed by atoms with Gasteiger partial charge in [-0.25, -0.2) is 9.36 Å². The smallest absolute Gasteiger partial charge is 0.274 e. The molecule has 1 aromatic carbocycles. The highest BCUT2D eigenvalue weighted by atomic mass is 32.1. The van der Waals surface area contributed by atoms with Crippen LogP contribution in [0.15, 0.2) is 33.9 Å². The molecule has 5 nitrogen and oxygen atoms in total. The number of fused-ring (bicyclic) bond motifs is 2. The third-order valence-electron chi connectivity index (χ3n) is 3.52. The second kappa shape index (κ2) is 4.38. The number of hydrogen-bond acceptors (Lipinski definition) is 3. The average molecular weight is 276 g/mol. The summed E-state index contributed by atoms with van der Waals surface area (Å²) in [5.41, 5.74) is -0.531. The number of rotatable bonds is 1. The molecule has 0 aliphatic carbocycles. The number of thiol groups is 1. The molecule has 0 saturated heterocycles. The van der Waals surface area contributed by atoms with Crippen molar-refractivity contribution in [3.8, 4) is 0 Å². The van der Waals surface area contributed by atoms with Gasteiger partial charge in [-0.1, -0.05) is 12.1 Å². The van der Waals surface area contributed by atoms with Crippen molar-refractivity contribution in [1.29, 1.82) is 0 Å². The van der Waals surface area contributed by atoms with E-state index in [4.69, 9.17) is 0 Å². The SMILES string of the molecule is O=C(S)C1CCCn2c(=O)c3ccccc3c(=O)n21. The van der Waals surface area contributed by atoms with E-state index in [0.29, 0.717) is 30.2 Å². The third-order valence-corrected chi connectivity index (χ3v) is 3.82. The molecule has 1 aliphatic rings. The van der Waals surface area contributed by atoms with Gasteiger partial charge in [0.25, 0.3) is 11.1 Å². The molecule has 1 unspecified atom stereocenters. The van der Waals surface area contributed by atoms with Crippen LogP contribution in [0.5, 0.6) is 0 Å². The first-order chi connectivity index (χ1) is 9.11. The van der Waals surface area contributed by atoms with Crippen LogP contribution in [0.2, 0.25) is 0 Å². The molecule has 0 fully saturated rings. The summed E-state index contributed by atoms with van der Waals surface area (Å²) in [5, 5.41) is 0.367. The zero-order valence-corrected chi connectivity index (χ0v) is 11.0. The lowest BCUT2D eigenvalue weighted by Gasteiger charge is -2.27. The Kier molecular flexibility index (Phi) is 2.82. The first-order valence-corrected chi connectivity index (χ1v) is 6.53. The van der Waals surface area contributed by atoms with Crippen LogP contribution in [-0.2, 0) is 11.3 Å². The van der Waals surface area contributed by atoms with E-state index in [2.05, 4.69) is 12.6 Å². The number of carbonyl (C=O) groups excluding carboxylic acids is 1. The minimum absolute atomic E-state index is 0.227. The Balaban J connectivity index is 2.47. The maximum absolute atomic E-state index is 12.5. The van der Waals surface area contributed by atoms with Gasteiger partial charge in [-0.3, -0.25) is 14.4 Å². The minimum Gasteiger partial charge on any atom is -0.285 e. The largest absolute Gasteiger partial charge is 0.285 e. The van der Waals surface area contributed by atoms with Gasteiger partial charge in [0.05, 0.1) is 10.8 Å². The first kappa shape index (κ1) is 12.2. The standard InChI is InChI=1S/C13H12N2O3S/c16-11-8-4-1-2-5-9(8)12(17)15-10(13(18)19)6-3-7-14(11)15/h1-2,4-5,10H,3,6-7H2,(H,18,19). The topological polar surface area (TPSA) is 61.1 Å². The summed E-state index contributed by atoms with van der Waals surface area (Å²) in [7, 11) is 0. The van der Waals surface area contributed by atoms with Gasteiger partial charge in [0.15, 0.2) is 0 Å². The molecule has 1 atom stereocenters. The quantitative estimate of drug-likeness (QED) is 0.789. The summed E-state index contributed by atoms with van der Waals surface area (Å²) >= 11 is 3.83. The molecule has 0 N–H and O–H groups in total. The summed E-state index contributed by atoms with van der Waals surface area (Å²) in [6.45, 7) is 0.455. The maximum Gasteiger partial charge on any atom is 0.274 e. The Morgan fingerprint density at radius 1 is 1.16 bits per heavy atom. The zero-order valence-electron chi connectivity index (χ0n) is 10.1. The predicted molar refractivity (Wildman–Crippen MR) is 74.7 cm³/mol. The first-order valence-electron chi connectivity index (χ1n) is 6.08. The van der Waals surface area contributed by atoms with E-state index in [9.17, 15) is 14.4 Å². The fourth-order valence-corrected chi connectivity index (χ4v) is 2.87. The van der Waals surface area contributed by atoms with Gasteiger partial charge in [0, 0.05) is 6.54 Å². The monoisotopic (exact) mass is 276 g/mol. The van der Waals surface area contributed by atoms with Crippen LogP contribution >= 0.6 is 12.6 Å². The van der Waals surface area contributed by atoms with Crippen molar-refractivity contribution >= 4 is 28.5 Å². The van der Waals surface area contributed by atoms with Crippen molar-refractivity contribution in [3.05, 3.63) is 45.0 Å². The van der Waals surface area contributed by atoms with Gasteiger partial charge >= 0.3 is 0 Å². The lowest BCUT2D eigenvalue weighted by atomic mass is 10.1. The maximum atomic E-state index is 12.5. The molecule has 98 valence electrons. The van der Waals surface area contributed by atoms with Gasteiger partial charge in [-0.05, 0) is 25.0 Å². The number of nitrogens with zero attached hydrogens (tertiary/aromatic N) is 2. The Labute approximate surface area is 113 Å². The van der Waals surface area contributed by atoms with Crippen LogP contribution in [0, 0.1) is 0 Å². The highest BCUT2D eigenvalue weighted by Gasteiger charge is 2.27. The lowest BCUT2D eigenvalue weighted by molar-refractivity contribution is -0.114. The molecule has 2 aromatic rings. The summed E-state index contributed by atoms with van der Waals surface area (Å²) in [5.74, 6) is 0. The highest BCUT2D eigenvalue weighted by molar-refractivity contribution is 7.96. The van der Waals surface area contributed by atoms with E-state index in [1.54, 1.807) is 24.3 Å². The summed E-state index contributed by atoms with van der Waals surface area (Å²) < 4.78 is 2.64. The van der Waals surface area contributed by atoms with E-state index < -0.39 is 6.04 Å². The van der Waals surface area contributed by atoms with Crippen molar-refractivity contribution in [1.82, 2.24) is 9.36 Å². The second-order valence-corrected chi connectivity index (χ2v) is 5.06. The zero-order chi connectivity index (χ0) is 13.6. The molecule has 0 saturated carbocycles. The Bertz CT molecular complexity index is 791. The molecule has 0 spiro atoms. The summed E-state index contributed by atoms with van der Waals surface area (Å²) in [6, 6.07) is 6.04. The van der Waals surface area contributed by atoms with Crippen molar-refractivity contribution in [3.63, 3.8) is 0 Å². The van der Waals surface area contributed by atoms with Gasteiger partial charge in [0.1, 0.15) is 6.04 Å². The molecule has 2 heterocycles. The summed E-state index contributed by atoms with van der Waals surface area (Å²) in [4.78, 5) is 36.4. The van der Waals surface area contributed by atoms with E-state index >= 15 is 0 Å². The van der Waals surface area contributed by atoms with Crippen LogP contribution in [0.4, 0.5) is 0 Å². The Hall–Kier alpha value is -1.82. The molecule has 0 amide bonds. The van der Waals surface area contributed by atoms with Crippen LogP contribution in [0.1, 0.15) is 18.9 Å². The van der Waals surface area contributed by atoms with Crippen LogP contribution in [0.3, 0.4) is 0 Å². The van der Waals surface area contributed by atoms with Crippen LogP contribution < -0.4 is 11.1 Å². The third kappa shape index (κ3) is 1.74. The minimum atomic E-state index is -0.651. The Morgan fingerprint density at radius 2 is 1.79 bits per heavy atom. The van der Waals surface area contributed by atoms with Crippen molar-refractivity contribution in [2.45, 2.75) is 25.4 Å². The fraction of sp³-hybridized carbons (Fsp3) is 0.308. The number of carbonyl (C=O) groups is 1. The summed E-state index contributed by atoms with van der Waals surface area (Å²) in [6.07, 6.45) is 1.23. The van der Waals surface area contributed by atoms with Gasteiger partial charge in [0.2, 0.25) is 5.12 Å². The van der Waals surface area contributed by atoms with Gasteiger partial charge in [-0.2, -0.15) is 0 Å². The Morgan fingerprint density at radius 3 is 2.42 bits per heavy atom. The fourth-order valence-electron chi connectivity index (χ4n) is 2.63. The number of benzene rings is 1. The second-order valence-electron chi connectivity index (χ2n) is 4.62. The normalized spacial score (nSPS) is 18.3. The number of hydrogen-bond donors (Lipinski definition) is 1.